The van der Waals surface area contributed by atoms with Gasteiger partial charge < -0.3 is 15.8 Å². The zero-order chi connectivity index (χ0) is 13.8. The first-order valence-corrected chi connectivity index (χ1v) is 6.79. The van der Waals surface area contributed by atoms with Crippen LogP contribution in [0.5, 0.6) is 0 Å². The lowest BCUT2D eigenvalue weighted by molar-refractivity contribution is -0.144. The van der Waals surface area contributed by atoms with Crippen molar-refractivity contribution in [1.29, 1.82) is 0 Å². The van der Waals surface area contributed by atoms with Gasteiger partial charge in [0, 0.05) is 13.1 Å². The molecule has 1 fully saturated rings. The number of amides is 1. The van der Waals surface area contributed by atoms with Crippen LogP contribution in [0.2, 0.25) is 0 Å². The molecule has 0 unspecified atom stereocenters. The van der Waals surface area contributed by atoms with Crippen LogP contribution < -0.4 is 5.73 Å². The molecular weight excluding hydrogens is 230 g/mol. The largest absolute Gasteiger partial charge is 0.409 e. The zero-order valence-electron chi connectivity index (χ0n) is 11.6. The van der Waals surface area contributed by atoms with E-state index in [1.165, 1.54) is 0 Å². The maximum Gasteiger partial charge on any atom is 0.236 e. The molecule has 5 heteroatoms. The van der Waals surface area contributed by atoms with E-state index in [-0.39, 0.29) is 11.7 Å². The Labute approximate surface area is 109 Å². The van der Waals surface area contributed by atoms with Crippen LogP contribution in [0, 0.1) is 11.3 Å². The molecule has 3 N–H and O–H groups in total. The molecule has 0 heterocycles. The van der Waals surface area contributed by atoms with Gasteiger partial charge in [-0.1, -0.05) is 25.9 Å². The van der Waals surface area contributed by atoms with Crippen molar-refractivity contribution in [3.8, 4) is 0 Å². The lowest BCUT2D eigenvalue weighted by Crippen LogP contribution is -2.58. The maximum atomic E-state index is 12.6. The highest BCUT2D eigenvalue weighted by atomic mass is 16.4. The summed E-state index contributed by atoms with van der Waals surface area (Å²) in [6.45, 7) is 7.66. The van der Waals surface area contributed by atoms with Gasteiger partial charge in [-0.2, -0.15) is 0 Å². The Morgan fingerprint density at radius 3 is 2.22 bits per heavy atom. The van der Waals surface area contributed by atoms with Crippen molar-refractivity contribution in [2.75, 3.05) is 13.1 Å². The van der Waals surface area contributed by atoms with E-state index in [1.54, 1.807) is 0 Å². The first-order valence-electron chi connectivity index (χ1n) is 6.79. The molecule has 0 aromatic carbocycles. The molecule has 0 spiro atoms. The summed E-state index contributed by atoms with van der Waals surface area (Å²) < 4.78 is 0. The Balaban J connectivity index is 2.89. The standard InChI is InChI=1S/C13H25N3O2/c1-4-6-16(7-5-2)12(17)13(11(14)15-18)8-10(3)9-13/h10,18H,4-9H2,1-3H3,(H2,14,15). The highest BCUT2D eigenvalue weighted by Gasteiger charge is 2.53. The van der Waals surface area contributed by atoms with Gasteiger partial charge in [-0.25, -0.2) is 0 Å². The number of nitrogens with two attached hydrogens (primary N) is 1. The first-order chi connectivity index (χ1) is 8.51. The van der Waals surface area contributed by atoms with Gasteiger partial charge in [0.15, 0.2) is 5.84 Å². The average molecular weight is 255 g/mol. The van der Waals surface area contributed by atoms with E-state index in [1.807, 2.05) is 4.90 Å². The third kappa shape index (κ3) is 2.60. The van der Waals surface area contributed by atoms with E-state index >= 15 is 0 Å². The molecule has 1 aliphatic carbocycles. The molecular formula is C13H25N3O2. The summed E-state index contributed by atoms with van der Waals surface area (Å²) in [5, 5.41) is 12.0. The minimum Gasteiger partial charge on any atom is -0.409 e. The van der Waals surface area contributed by atoms with Crippen molar-refractivity contribution < 1.29 is 10.0 Å². The van der Waals surface area contributed by atoms with Gasteiger partial charge in [-0.3, -0.25) is 4.79 Å². The second-order valence-electron chi connectivity index (χ2n) is 5.37. The summed E-state index contributed by atoms with van der Waals surface area (Å²) in [6.07, 6.45) is 3.22. The van der Waals surface area contributed by atoms with Crippen molar-refractivity contribution in [1.82, 2.24) is 4.90 Å². The van der Waals surface area contributed by atoms with E-state index in [0.29, 0.717) is 18.8 Å². The number of carbonyl (C=O) groups excluding carboxylic acids is 1. The minimum atomic E-state index is -0.751. The molecule has 0 aliphatic heterocycles. The molecule has 0 aromatic heterocycles. The molecule has 0 radical (unpaired) electrons. The lowest BCUT2D eigenvalue weighted by Gasteiger charge is -2.46. The van der Waals surface area contributed by atoms with E-state index in [0.717, 1.165) is 25.9 Å². The number of rotatable bonds is 6. The van der Waals surface area contributed by atoms with Crippen LogP contribution in [0.1, 0.15) is 46.5 Å². The third-order valence-corrected chi connectivity index (χ3v) is 3.68. The maximum absolute atomic E-state index is 12.6. The molecule has 104 valence electrons. The smallest absolute Gasteiger partial charge is 0.236 e. The first kappa shape index (κ1) is 14.8. The molecule has 0 aromatic rings. The van der Waals surface area contributed by atoms with E-state index < -0.39 is 5.41 Å². The number of carbonyl (C=O) groups is 1. The average Bonchev–Trinajstić information content (AvgIpc) is 2.32. The summed E-state index contributed by atoms with van der Waals surface area (Å²) in [5.41, 5.74) is 5.01. The van der Waals surface area contributed by atoms with Crippen molar-refractivity contribution >= 4 is 11.7 Å². The van der Waals surface area contributed by atoms with E-state index in [2.05, 4.69) is 25.9 Å². The van der Waals surface area contributed by atoms with Crippen LogP contribution in [0.4, 0.5) is 0 Å². The molecule has 0 bridgehead atoms. The number of hydrogen-bond donors (Lipinski definition) is 2. The zero-order valence-corrected chi connectivity index (χ0v) is 11.6. The van der Waals surface area contributed by atoms with Crippen LogP contribution >= 0.6 is 0 Å². The molecule has 1 saturated carbocycles. The van der Waals surface area contributed by atoms with E-state index in [4.69, 9.17) is 10.9 Å². The summed E-state index contributed by atoms with van der Waals surface area (Å²) in [6, 6.07) is 0. The van der Waals surface area contributed by atoms with Gasteiger partial charge in [-0.15, -0.1) is 0 Å². The van der Waals surface area contributed by atoms with Crippen LogP contribution in [0.25, 0.3) is 0 Å². The summed E-state index contributed by atoms with van der Waals surface area (Å²) >= 11 is 0. The van der Waals surface area contributed by atoms with E-state index in [9.17, 15) is 4.79 Å². The van der Waals surface area contributed by atoms with Crippen molar-refractivity contribution in [3.63, 3.8) is 0 Å². The van der Waals surface area contributed by atoms with Gasteiger partial charge in [-0.05, 0) is 31.6 Å². The molecule has 5 nitrogen and oxygen atoms in total. The van der Waals surface area contributed by atoms with Gasteiger partial charge in [0.25, 0.3) is 0 Å². The predicted molar refractivity (Wildman–Crippen MR) is 71.4 cm³/mol. The SMILES string of the molecule is CCCN(CCC)C(=O)C1(C(N)=NO)CC(C)C1. The van der Waals surface area contributed by atoms with Gasteiger partial charge in [0.2, 0.25) is 5.91 Å². The fourth-order valence-electron chi connectivity index (χ4n) is 2.88. The number of oxime groups is 1. The van der Waals surface area contributed by atoms with Crippen LogP contribution in [-0.2, 0) is 4.79 Å². The number of hydrogen-bond acceptors (Lipinski definition) is 3. The Morgan fingerprint density at radius 2 is 1.89 bits per heavy atom. The number of nitrogens with zero attached hydrogens (tertiary/aromatic N) is 2. The molecule has 0 atom stereocenters. The third-order valence-electron chi connectivity index (χ3n) is 3.68. The Hall–Kier alpha value is -1.26. The molecule has 1 amide bonds. The van der Waals surface area contributed by atoms with Crippen molar-refractivity contribution in [3.05, 3.63) is 0 Å². The lowest BCUT2D eigenvalue weighted by atomic mass is 9.61. The van der Waals surface area contributed by atoms with Gasteiger partial charge >= 0.3 is 0 Å². The Bertz CT molecular complexity index is 316. The highest BCUT2D eigenvalue weighted by molar-refractivity contribution is 6.07. The quantitative estimate of drug-likeness (QED) is 0.329. The van der Waals surface area contributed by atoms with Crippen LogP contribution in [0.15, 0.2) is 5.16 Å². The van der Waals surface area contributed by atoms with Crippen LogP contribution in [-0.4, -0.2) is 34.9 Å². The summed E-state index contributed by atoms with van der Waals surface area (Å²) in [5.74, 6) is 0.557. The monoisotopic (exact) mass is 255 g/mol. The van der Waals surface area contributed by atoms with Crippen molar-refractivity contribution in [2.24, 2.45) is 22.2 Å². The van der Waals surface area contributed by atoms with Crippen molar-refractivity contribution in [2.45, 2.75) is 46.5 Å². The fraction of sp³-hybridized carbons (Fsp3) is 0.846. The molecule has 0 saturated heterocycles. The Morgan fingerprint density at radius 1 is 1.39 bits per heavy atom. The summed E-state index contributed by atoms with van der Waals surface area (Å²) in [7, 11) is 0. The van der Waals surface area contributed by atoms with Gasteiger partial charge in [0.1, 0.15) is 5.41 Å². The highest BCUT2D eigenvalue weighted by Crippen LogP contribution is 2.47. The molecule has 18 heavy (non-hydrogen) atoms. The topological polar surface area (TPSA) is 78.9 Å². The number of amidine groups is 1. The normalized spacial score (nSPS) is 27.7. The fourth-order valence-corrected chi connectivity index (χ4v) is 2.88. The second kappa shape index (κ2) is 6.07. The second-order valence-corrected chi connectivity index (χ2v) is 5.37. The Kier molecular flexibility index (Phi) is 4.99. The predicted octanol–water partition coefficient (Wildman–Crippen LogP) is 1.80. The minimum absolute atomic E-state index is 0.0274. The molecule has 1 aliphatic rings. The molecule has 1 rings (SSSR count). The van der Waals surface area contributed by atoms with Gasteiger partial charge in [0.05, 0.1) is 0 Å². The van der Waals surface area contributed by atoms with Crippen LogP contribution in [0.3, 0.4) is 0 Å². The summed E-state index contributed by atoms with van der Waals surface area (Å²) in [4.78, 5) is 14.5.